The molecule has 0 bridgehead atoms. The van der Waals surface area contributed by atoms with E-state index in [-0.39, 0.29) is 0 Å². The Morgan fingerprint density at radius 1 is 1.28 bits per heavy atom. The van der Waals surface area contributed by atoms with E-state index in [2.05, 4.69) is 43.2 Å². The fourth-order valence-electron chi connectivity index (χ4n) is 2.65. The summed E-state index contributed by atoms with van der Waals surface area (Å²) >= 11 is 8.79. The third kappa shape index (κ3) is 4.04. The van der Waals surface area contributed by atoms with Gasteiger partial charge in [-0.2, -0.15) is 0 Å². The van der Waals surface area contributed by atoms with Crippen molar-refractivity contribution in [3.8, 4) is 0 Å². The Hall–Kier alpha value is 0.580. The quantitative estimate of drug-likeness (QED) is 0.782. The second-order valence-electron chi connectivity index (χ2n) is 4.95. The average Bonchev–Trinajstić information content (AvgIpc) is 2.69. The second-order valence-corrected chi connectivity index (χ2v) is 8.26. The highest BCUT2D eigenvalue weighted by Gasteiger charge is 2.23. The molecule has 1 aromatic heterocycles. The molecule has 0 aliphatic heterocycles. The van der Waals surface area contributed by atoms with Crippen LogP contribution >= 0.6 is 43.2 Å². The number of aliphatic hydroxyl groups excluding tert-OH is 1. The van der Waals surface area contributed by atoms with Gasteiger partial charge in [0.2, 0.25) is 0 Å². The first-order valence-electron chi connectivity index (χ1n) is 6.46. The fourth-order valence-corrected chi connectivity index (χ4v) is 4.80. The summed E-state index contributed by atoms with van der Waals surface area (Å²) < 4.78 is 2.29. The standard InChI is InChI=1S/C13H19Br2NOS/c14-12-5-11(18-13(12)15)7-16-6-9-3-1-2-4-10(9)8-17/h5,9-10,16-17H,1-4,6-8H2. The molecule has 5 heteroatoms. The minimum atomic E-state index is 0.350. The van der Waals surface area contributed by atoms with Crippen molar-refractivity contribution >= 4 is 43.2 Å². The maximum Gasteiger partial charge on any atom is 0.0843 e. The van der Waals surface area contributed by atoms with E-state index in [1.807, 2.05) is 0 Å². The monoisotopic (exact) mass is 395 g/mol. The van der Waals surface area contributed by atoms with Crippen LogP contribution in [0.1, 0.15) is 30.6 Å². The molecule has 102 valence electrons. The fraction of sp³-hybridized carbons (Fsp3) is 0.692. The van der Waals surface area contributed by atoms with Crippen molar-refractivity contribution in [2.24, 2.45) is 11.8 Å². The van der Waals surface area contributed by atoms with Crippen molar-refractivity contribution in [3.05, 3.63) is 19.2 Å². The van der Waals surface area contributed by atoms with Gasteiger partial charge < -0.3 is 10.4 Å². The summed E-state index contributed by atoms with van der Waals surface area (Å²) in [6.07, 6.45) is 5.06. The maximum absolute atomic E-state index is 9.38. The zero-order chi connectivity index (χ0) is 13.0. The second kappa shape index (κ2) is 7.39. The molecule has 0 spiro atoms. The van der Waals surface area contributed by atoms with Gasteiger partial charge in [-0.25, -0.2) is 0 Å². The van der Waals surface area contributed by atoms with E-state index in [0.717, 1.165) is 21.3 Å². The van der Waals surface area contributed by atoms with Crippen LogP contribution in [0.25, 0.3) is 0 Å². The van der Waals surface area contributed by atoms with E-state index in [1.54, 1.807) is 11.3 Å². The molecule has 2 N–H and O–H groups in total. The minimum absolute atomic E-state index is 0.350. The van der Waals surface area contributed by atoms with Crippen molar-refractivity contribution in [1.82, 2.24) is 5.32 Å². The van der Waals surface area contributed by atoms with Gasteiger partial charge in [-0.15, -0.1) is 11.3 Å². The molecule has 1 aromatic rings. The summed E-state index contributed by atoms with van der Waals surface area (Å²) in [4.78, 5) is 1.34. The van der Waals surface area contributed by atoms with Crippen molar-refractivity contribution in [2.75, 3.05) is 13.2 Å². The lowest BCUT2D eigenvalue weighted by Crippen LogP contribution is -2.32. The molecule has 1 heterocycles. The Bertz CT molecular complexity index is 364. The van der Waals surface area contributed by atoms with Crippen LogP contribution in [0.2, 0.25) is 0 Å². The Labute approximate surface area is 129 Å². The molecule has 2 nitrogen and oxygen atoms in total. The van der Waals surface area contributed by atoms with E-state index in [9.17, 15) is 5.11 Å². The molecule has 1 aliphatic rings. The highest BCUT2D eigenvalue weighted by molar-refractivity contribution is 9.13. The smallest absolute Gasteiger partial charge is 0.0843 e. The lowest BCUT2D eigenvalue weighted by atomic mass is 9.79. The van der Waals surface area contributed by atoms with Gasteiger partial charge >= 0.3 is 0 Å². The van der Waals surface area contributed by atoms with Crippen LogP contribution in [0.5, 0.6) is 0 Å². The van der Waals surface area contributed by atoms with Gasteiger partial charge in [-0.3, -0.25) is 0 Å². The van der Waals surface area contributed by atoms with E-state index in [4.69, 9.17) is 0 Å². The first-order valence-corrected chi connectivity index (χ1v) is 8.86. The Morgan fingerprint density at radius 3 is 2.61 bits per heavy atom. The van der Waals surface area contributed by atoms with Crippen LogP contribution in [-0.4, -0.2) is 18.3 Å². The molecule has 1 saturated carbocycles. The first kappa shape index (κ1) is 15.0. The Kier molecular flexibility index (Phi) is 6.15. The molecule has 1 fully saturated rings. The van der Waals surface area contributed by atoms with Gasteiger partial charge in [0, 0.05) is 22.5 Å². The maximum atomic E-state index is 9.38. The summed E-state index contributed by atoms with van der Waals surface area (Å²) in [5.74, 6) is 1.16. The van der Waals surface area contributed by atoms with Gasteiger partial charge in [0.1, 0.15) is 0 Å². The van der Waals surface area contributed by atoms with E-state index in [0.29, 0.717) is 18.4 Å². The number of halogens is 2. The summed E-state index contributed by atoms with van der Waals surface area (Å²) in [7, 11) is 0. The van der Waals surface area contributed by atoms with Gasteiger partial charge in [0.15, 0.2) is 0 Å². The number of nitrogens with one attached hydrogen (secondary N) is 1. The molecule has 2 unspecified atom stereocenters. The zero-order valence-electron chi connectivity index (χ0n) is 10.3. The lowest BCUT2D eigenvalue weighted by molar-refractivity contribution is 0.133. The summed E-state index contributed by atoms with van der Waals surface area (Å²) in [6, 6.07) is 2.16. The van der Waals surface area contributed by atoms with Crippen LogP contribution in [0.3, 0.4) is 0 Å². The molecule has 0 saturated heterocycles. The molecule has 1 aliphatic carbocycles. The summed E-state index contributed by atoms with van der Waals surface area (Å²) in [5, 5.41) is 12.9. The number of aliphatic hydroxyl groups is 1. The van der Waals surface area contributed by atoms with Crippen molar-refractivity contribution in [3.63, 3.8) is 0 Å². The van der Waals surface area contributed by atoms with Crippen LogP contribution in [0.4, 0.5) is 0 Å². The van der Waals surface area contributed by atoms with Crippen molar-refractivity contribution < 1.29 is 5.11 Å². The van der Waals surface area contributed by atoms with Crippen molar-refractivity contribution in [1.29, 1.82) is 0 Å². The predicted molar refractivity (Wildman–Crippen MR) is 84.0 cm³/mol. The van der Waals surface area contributed by atoms with Crippen molar-refractivity contribution in [2.45, 2.75) is 32.2 Å². The molecule has 0 radical (unpaired) electrons. The Balaban J connectivity index is 1.77. The van der Waals surface area contributed by atoms with Gasteiger partial charge in [-0.1, -0.05) is 12.8 Å². The van der Waals surface area contributed by atoms with E-state index in [1.165, 1.54) is 30.6 Å². The van der Waals surface area contributed by atoms with Crippen LogP contribution < -0.4 is 5.32 Å². The summed E-state index contributed by atoms with van der Waals surface area (Å²) in [6.45, 7) is 2.30. The molecule has 0 aromatic carbocycles. The molecule has 2 rings (SSSR count). The Morgan fingerprint density at radius 2 is 2.00 bits per heavy atom. The number of rotatable bonds is 5. The van der Waals surface area contributed by atoms with Gasteiger partial charge in [0.05, 0.1) is 3.79 Å². The molecular weight excluding hydrogens is 378 g/mol. The highest BCUT2D eigenvalue weighted by atomic mass is 79.9. The molecule has 2 atom stereocenters. The van der Waals surface area contributed by atoms with E-state index >= 15 is 0 Å². The molecule has 18 heavy (non-hydrogen) atoms. The number of hydrogen-bond donors (Lipinski definition) is 2. The number of thiophene rings is 1. The molecule has 0 amide bonds. The third-order valence-electron chi connectivity index (χ3n) is 3.70. The minimum Gasteiger partial charge on any atom is -0.396 e. The van der Waals surface area contributed by atoms with Crippen LogP contribution in [-0.2, 0) is 6.54 Å². The van der Waals surface area contributed by atoms with Crippen LogP contribution in [0.15, 0.2) is 14.3 Å². The topological polar surface area (TPSA) is 32.3 Å². The first-order chi connectivity index (χ1) is 8.70. The van der Waals surface area contributed by atoms with E-state index < -0.39 is 0 Å². The lowest BCUT2D eigenvalue weighted by Gasteiger charge is -2.30. The normalized spacial score (nSPS) is 24.4. The largest absolute Gasteiger partial charge is 0.396 e. The van der Waals surface area contributed by atoms with Gasteiger partial charge in [0.25, 0.3) is 0 Å². The highest BCUT2D eigenvalue weighted by Crippen LogP contribution is 2.32. The SMILES string of the molecule is OCC1CCCCC1CNCc1cc(Br)c(Br)s1. The van der Waals surface area contributed by atoms with Crippen LogP contribution in [0, 0.1) is 11.8 Å². The third-order valence-corrected chi connectivity index (χ3v) is 6.96. The average molecular weight is 397 g/mol. The summed E-state index contributed by atoms with van der Waals surface area (Å²) in [5.41, 5.74) is 0. The predicted octanol–water partition coefficient (Wildman–Crippen LogP) is 4.16. The number of hydrogen-bond acceptors (Lipinski definition) is 3. The van der Waals surface area contributed by atoms with Gasteiger partial charge in [-0.05, 0) is 69.1 Å². The molecular formula is C13H19Br2NOS. The zero-order valence-corrected chi connectivity index (χ0v) is 14.3.